The van der Waals surface area contributed by atoms with Crippen molar-refractivity contribution >= 4 is 11.3 Å². The molecule has 0 saturated heterocycles. The Morgan fingerprint density at radius 3 is 2.75 bits per heavy atom. The van der Waals surface area contributed by atoms with Gasteiger partial charge in [-0.2, -0.15) is 4.39 Å². The van der Waals surface area contributed by atoms with E-state index in [-0.39, 0.29) is 12.4 Å². The Kier molecular flexibility index (Phi) is 5.49. The molecule has 2 aromatic rings. The van der Waals surface area contributed by atoms with Crippen LogP contribution in [0.4, 0.5) is 8.78 Å². The van der Waals surface area contributed by atoms with Crippen LogP contribution in [0.25, 0.3) is 0 Å². The van der Waals surface area contributed by atoms with Crippen molar-refractivity contribution in [2.75, 3.05) is 6.54 Å². The van der Waals surface area contributed by atoms with Gasteiger partial charge in [-0.3, -0.25) is 0 Å². The van der Waals surface area contributed by atoms with Gasteiger partial charge in [-0.15, -0.1) is 11.3 Å². The summed E-state index contributed by atoms with van der Waals surface area (Å²) in [5.41, 5.74) is 0. The molecule has 2 nitrogen and oxygen atoms in total. The predicted octanol–water partition coefficient (Wildman–Crippen LogP) is 4.10. The van der Waals surface area contributed by atoms with Gasteiger partial charge in [0.1, 0.15) is 6.61 Å². The van der Waals surface area contributed by atoms with Crippen LogP contribution in [0.15, 0.2) is 30.3 Å². The van der Waals surface area contributed by atoms with Gasteiger partial charge in [0.05, 0.1) is 0 Å². The zero-order chi connectivity index (χ0) is 14.4. The minimum absolute atomic E-state index is 0.0518. The molecular weight excluding hydrogens is 280 g/mol. The van der Waals surface area contributed by atoms with Crippen molar-refractivity contribution in [3.8, 4) is 5.75 Å². The molecule has 1 aromatic heterocycles. The van der Waals surface area contributed by atoms with E-state index < -0.39 is 11.6 Å². The van der Waals surface area contributed by atoms with Crippen molar-refractivity contribution in [2.24, 2.45) is 0 Å². The van der Waals surface area contributed by atoms with Crippen LogP contribution in [-0.4, -0.2) is 6.54 Å². The Balaban J connectivity index is 1.89. The average molecular weight is 297 g/mol. The fourth-order valence-corrected chi connectivity index (χ4v) is 2.63. The predicted molar refractivity (Wildman–Crippen MR) is 77.0 cm³/mol. The van der Waals surface area contributed by atoms with Crippen molar-refractivity contribution in [2.45, 2.75) is 26.5 Å². The molecule has 0 amide bonds. The number of ether oxygens (including phenoxy) is 1. The lowest BCUT2D eigenvalue weighted by molar-refractivity contribution is 0.287. The minimum Gasteiger partial charge on any atom is -0.485 e. The van der Waals surface area contributed by atoms with E-state index in [1.807, 2.05) is 12.1 Å². The van der Waals surface area contributed by atoms with E-state index in [9.17, 15) is 8.78 Å². The summed E-state index contributed by atoms with van der Waals surface area (Å²) in [5, 5.41) is 3.32. The number of benzene rings is 1. The molecule has 1 aromatic carbocycles. The van der Waals surface area contributed by atoms with Crippen LogP contribution in [0, 0.1) is 11.6 Å². The van der Waals surface area contributed by atoms with Crippen molar-refractivity contribution < 1.29 is 13.5 Å². The zero-order valence-corrected chi connectivity index (χ0v) is 12.1. The number of rotatable bonds is 7. The van der Waals surface area contributed by atoms with E-state index in [0.717, 1.165) is 30.5 Å². The lowest BCUT2D eigenvalue weighted by Crippen LogP contribution is -2.12. The molecular formula is C15H17F2NOS. The molecule has 0 saturated carbocycles. The second kappa shape index (κ2) is 7.36. The molecule has 0 aliphatic carbocycles. The van der Waals surface area contributed by atoms with Gasteiger partial charge in [0.15, 0.2) is 11.6 Å². The van der Waals surface area contributed by atoms with E-state index in [1.54, 1.807) is 11.3 Å². The largest absolute Gasteiger partial charge is 0.485 e. The standard InChI is InChI=1S/C15H17F2NOS/c1-2-8-18-9-11-6-7-12(20-11)10-19-14-5-3-4-13(16)15(14)17/h3-7,18H,2,8-10H2,1H3. The maximum absolute atomic E-state index is 13.4. The lowest BCUT2D eigenvalue weighted by atomic mass is 10.3. The first-order valence-electron chi connectivity index (χ1n) is 6.56. The minimum atomic E-state index is -0.936. The Hall–Kier alpha value is -1.46. The van der Waals surface area contributed by atoms with Crippen molar-refractivity contribution in [3.05, 3.63) is 51.7 Å². The van der Waals surface area contributed by atoms with Crippen LogP contribution in [0.2, 0.25) is 0 Å². The van der Waals surface area contributed by atoms with E-state index >= 15 is 0 Å². The normalized spacial score (nSPS) is 10.8. The Morgan fingerprint density at radius 2 is 1.95 bits per heavy atom. The maximum atomic E-state index is 13.4. The van der Waals surface area contributed by atoms with Gasteiger partial charge in [0.25, 0.3) is 0 Å². The van der Waals surface area contributed by atoms with Gasteiger partial charge in [-0.25, -0.2) is 4.39 Å². The van der Waals surface area contributed by atoms with E-state index in [1.165, 1.54) is 17.0 Å². The van der Waals surface area contributed by atoms with Gasteiger partial charge in [0, 0.05) is 16.3 Å². The van der Waals surface area contributed by atoms with Gasteiger partial charge < -0.3 is 10.1 Å². The topological polar surface area (TPSA) is 21.3 Å². The highest BCUT2D eigenvalue weighted by molar-refractivity contribution is 7.11. The van der Waals surface area contributed by atoms with Crippen LogP contribution >= 0.6 is 11.3 Å². The smallest absolute Gasteiger partial charge is 0.200 e. The molecule has 0 spiro atoms. The number of hydrogen-bond acceptors (Lipinski definition) is 3. The third-order valence-electron chi connectivity index (χ3n) is 2.73. The van der Waals surface area contributed by atoms with Crippen molar-refractivity contribution in [1.82, 2.24) is 5.32 Å². The summed E-state index contributed by atoms with van der Waals surface area (Å²) in [4.78, 5) is 2.19. The van der Waals surface area contributed by atoms with Crippen LogP contribution in [-0.2, 0) is 13.2 Å². The highest BCUT2D eigenvalue weighted by atomic mass is 32.1. The van der Waals surface area contributed by atoms with Crippen molar-refractivity contribution in [3.63, 3.8) is 0 Å². The van der Waals surface area contributed by atoms with Crippen LogP contribution in [0.5, 0.6) is 5.75 Å². The second-order valence-corrected chi connectivity index (χ2v) is 5.64. The quantitative estimate of drug-likeness (QED) is 0.777. The number of halogens is 2. The van der Waals surface area contributed by atoms with Crippen LogP contribution in [0.3, 0.4) is 0 Å². The van der Waals surface area contributed by atoms with E-state index in [2.05, 4.69) is 12.2 Å². The van der Waals surface area contributed by atoms with E-state index in [4.69, 9.17) is 4.74 Å². The summed E-state index contributed by atoms with van der Waals surface area (Å²) < 4.78 is 31.7. The molecule has 0 atom stereocenters. The summed E-state index contributed by atoms with van der Waals surface area (Å²) in [6, 6.07) is 7.90. The van der Waals surface area contributed by atoms with Crippen LogP contribution < -0.4 is 10.1 Å². The number of hydrogen-bond donors (Lipinski definition) is 1. The maximum Gasteiger partial charge on any atom is 0.200 e. The molecule has 0 aliphatic rings. The first-order chi connectivity index (χ1) is 9.70. The SMILES string of the molecule is CCCNCc1ccc(COc2cccc(F)c2F)s1. The third kappa shape index (κ3) is 4.02. The molecule has 20 heavy (non-hydrogen) atoms. The molecule has 1 heterocycles. The Labute approximate surface area is 121 Å². The van der Waals surface area contributed by atoms with Crippen LogP contribution in [0.1, 0.15) is 23.1 Å². The lowest BCUT2D eigenvalue weighted by Gasteiger charge is -2.05. The molecule has 2 rings (SSSR count). The third-order valence-corrected chi connectivity index (χ3v) is 3.79. The van der Waals surface area contributed by atoms with E-state index in [0.29, 0.717) is 0 Å². The summed E-state index contributed by atoms with van der Waals surface area (Å²) in [6.45, 7) is 4.18. The molecule has 0 unspecified atom stereocenters. The highest BCUT2D eigenvalue weighted by Crippen LogP contribution is 2.22. The first-order valence-corrected chi connectivity index (χ1v) is 7.37. The van der Waals surface area contributed by atoms with Gasteiger partial charge in [-0.1, -0.05) is 13.0 Å². The van der Waals surface area contributed by atoms with Crippen molar-refractivity contribution in [1.29, 1.82) is 0 Å². The monoisotopic (exact) mass is 297 g/mol. The number of thiophene rings is 1. The molecule has 0 aliphatic heterocycles. The first kappa shape index (κ1) is 14.9. The Morgan fingerprint density at radius 1 is 1.15 bits per heavy atom. The molecule has 5 heteroatoms. The van der Waals surface area contributed by atoms with Gasteiger partial charge in [0.2, 0.25) is 5.82 Å². The summed E-state index contributed by atoms with van der Waals surface area (Å²) in [5.74, 6) is -1.88. The second-order valence-electron chi connectivity index (χ2n) is 4.39. The number of nitrogens with one attached hydrogen (secondary N) is 1. The molecule has 1 N–H and O–H groups in total. The average Bonchev–Trinajstić information content (AvgIpc) is 2.89. The molecule has 0 fully saturated rings. The highest BCUT2D eigenvalue weighted by Gasteiger charge is 2.09. The fourth-order valence-electron chi connectivity index (χ4n) is 1.73. The molecule has 108 valence electrons. The Bertz CT molecular complexity index is 557. The summed E-state index contributed by atoms with van der Waals surface area (Å²) in [6.07, 6.45) is 1.10. The fraction of sp³-hybridized carbons (Fsp3) is 0.333. The molecule has 0 radical (unpaired) electrons. The molecule has 0 bridgehead atoms. The van der Waals surface area contributed by atoms with Gasteiger partial charge >= 0.3 is 0 Å². The summed E-state index contributed by atoms with van der Waals surface area (Å²) in [7, 11) is 0. The van der Waals surface area contributed by atoms with Gasteiger partial charge in [-0.05, 0) is 37.2 Å². The zero-order valence-electron chi connectivity index (χ0n) is 11.3. The summed E-state index contributed by atoms with van der Waals surface area (Å²) >= 11 is 1.61.